The summed E-state index contributed by atoms with van der Waals surface area (Å²) < 4.78 is 4.86. The van der Waals surface area contributed by atoms with Crippen molar-refractivity contribution in [3.8, 4) is 17.2 Å². The molecule has 0 radical (unpaired) electrons. The van der Waals surface area contributed by atoms with Gasteiger partial charge in [0.25, 0.3) is 0 Å². The maximum Gasteiger partial charge on any atom is 0.338 e. The van der Waals surface area contributed by atoms with Crippen molar-refractivity contribution in [1.29, 1.82) is 0 Å². The first-order valence-electron chi connectivity index (χ1n) is 6.40. The fraction of sp³-hybridized carbons (Fsp3) is 0.462. The summed E-state index contributed by atoms with van der Waals surface area (Å²) in [6.07, 6.45) is -7.87. The van der Waals surface area contributed by atoms with Crippen LogP contribution in [0.15, 0.2) is 12.1 Å². The molecule has 0 heterocycles. The van der Waals surface area contributed by atoms with Gasteiger partial charge in [-0.3, -0.25) is 0 Å². The number of rotatable bonds is 2. The van der Waals surface area contributed by atoms with Crippen LogP contribution in [0.25, 0.3) is 0 Å². The third-order valence-corrected chi connectivity index (χ3v) is 3.49. The van der Waals surface area contributed by atoms with Crippen LogP contribution in [0.3, 0.4) is 0 Å². The van der Waals surface area contributed by atoms with Crippen molar-refractivity contribution < 1.29 is 45.3 Å². The molecule has 9 heteroatoms. The molecule has 9 nitrogen and oxygen atoms in total. The smallest absolute Gasteiger partial charge is 0.338 e. The molecular formula is C13H16O9. The first-order chi connectivity index (χ1) is 10.2. The van der Waals surface area contributed by atoms with Crippen LogP contribution in [0.5, 0.6) is 17.2 Å². The van der Waals surface area contributed by atoms with E-state index >= 15 is 0 Å². The topological polar surface area (TPSA) is 168 Å². The molecule has 1 aliphatic rings. The predicted molar refractivity (Wildman–Crippen MR) is 69.3 cm³/mol. The summed E-state index contributed by atoms with van der Waals surface area (Å²) in [5.41, 5.74) is -0.340. The van der Waals surface area contributed by atoms with E-state index in [2.05, 4.69) is 0 Å². The number of ether oxygens (including phenoxy) is 1. The van der Waals surface area contributed by atoms with Crippen LogP contribution in [0.1, 0.15) is 16.8 Å². The molecule has 22 heavy (non-hydrogen) atoms. The zero-order valence-corrected chi connectivity index (χ0v) is 11.2. The van der Waals surface area contributed by atoms with Crippen molar-refractivity contribution >= 4 is 5.97 Å². The Morgan fingerprint density at radius 2 is 1.50 bits per heavy atom. The van der Waals surface area contributed by atoms with Crippen molar-refractivity contribution in [1.82, 2.24) is 0 Å². The fourth-order valence-corrected chi connectivity index (χ4v) is 2.23. The maximum atomic E-state index is 11.9. The minimum absolute atomic E-state index is 0.303. The molecule has 7 N–H and O–H groups in total. The molecule has 122 valence electrons. The molecule has 0 bridgehead atoms. The molecule has 0 spiro atoms. The number of phenolic OH excluding ortho intramolecular Hbond substituents is 3. The molecule has 1 aliphatic carbocycles. The van der Waals surface area contributed by atoms with Gasteiger partial charge in [0.15, 0.2) is 23.4 Å². The van der Waals surface area contributed by atoms with E-state index in [1.165, 1.54) is 0 Å². The van der Waals surface area contributed by atoms with Crippen LogP contribution >= 0.6 is 0 Å². The highest BCUT2D eigenvalue weighted by Gasteiger charge is 2.44. The second-order valence-electron chi connectivity index (χ2n) is 5.08. The van der Waals surface area contributed by atoms with E-state index in [1.54, 1.807) is 0 Å². The highest BCUT2D eigenvalue weighted by molar-refractivity contribution is 5.91. The van der Waals surface area contributed by atoms with E-state index in [0.29, 0.717) is 0 Å². The maximum absolute atomic E-state index is 11.9. The SMILES string of the molecule is O=C(O[C@@H]1[C@@H](O)[C@H](O)[C@@H](O)C[C@H]1O)c1cc(O)c(O)c(O)c1. The lowest BCUT2D eigenvalue weighted by atomic mass is 9.87. The Labute approximate surface area is 124 Å². The molecule has 1 aromatic carbocycles. The van der Waals surface area contributed by atoms with E-state index in [1.807, 2.05) is 0 Å². The molecule has 0 amide bonds. The molecule has 5 atom stereocenters. The minimum Gasteiger partial charge on any atom is -0.504 e. The lowest BCUT2D eigenvalue weighted by molar-refractivity contribution is -0.177. The Morgan fingerprint density at radius 1 is 0.955 bits per heavy atom. The van der Waals surface area contributed by atoms with Gasteiger partial charge in [-0.2, -0.15) is 0 Å². The Hall–Kier alpha value is -2.07. The average Bonchev–Trinajstić information content (AvgIpc) is 2.46. The number of aromatic hydroxyl groups is 3. The third kappa shape index (κ3) is 2.92. The first kappa shape index (κ1) is 16.3. The summed E-state index contributed by atoms with van der Waals surface area (Å²) >= 11 is 0. The number of esters is 1. The lowest BCUT2D eigenvalue weighted by Gasteiger charge is -2.37. The Kier molecular flexibility index (Phi) is 4.42. The quantitative estimate of drug-likeness (QED) is 0.245. The second kappa shape index (κ2) is 5.97. The van der Waals surface area contributed by atoms with Crippen molar-refractivity contribution in [3.05, 3.63) is 17.7 Å². The van der Waals surface area contributed by atoms with Gasteiger partial charge in [-0.25, -0.2) is 4.79 Å². The zero-order chi connectivity index (χ0) is 16.6. The summed E-state index contributed by atoms with van der Waals surface area (Å²) in [6.45, 7) is 0. The summed E-state index contributed by atoms with van der Waals surface area (Å²) in [5, 5.41) is 66.2. The molecule has 2 rings (SSSR count). The molecule has 1 saturated carbocycles. The van der Waals surface area contributed by atoms with Crippen molar-refractivity contribution in [2.75, 3.05) is 0 Å². The highest BCUT2D eigenvalue weighted by Crippen LogP contribution is 2.36. The van der Waals surface area contributed by atoms with Gasteiger partial charge < -0.3 is 40.5 Å². The van der Waals surface area contributed by atoms with Crippen LogP contribution in [-0.2, 0) is 4.74 Å². The molecule has 0 aromatic heterocycles. The van der Waals surface area contributed by atoms with Gasteiger partial charge in [0, 0.05) is 6.42 Å². The van der Waals surface area contributed by atoms with E-state index < -0.39 is 53.7 Å². The molecule has 0 aliphatic heterocycles. The van der Waals surface area contributed by atoms with Crippen molar-refractivity contribution in [2.24, 2.45) is 0 Å². The number of carbonyl (C=O) groups is 1. The summed E-state index contributed by atoms with van der Waals surface area (Å²) in [4.78, 5) is 11.9. The minimum atomic E-state index is -1.71. The van der Waals surface area contributed by atoms with Crippen LogP contribution in [-0.4, -0.2) is 72.2 Å². The Balaban J connectivity index is 2.18. The van der Waals surface area contributed by atoms with Crippen LogP contribution < -0.4 is 0 Å². The van der Waals surface area contributed by atoms with E-state index in [4.69, 9.17) is 4.74 Å². The van der Waals surface area contributed by atoms with Gasteiger partial charge in [0.1, 0.15) is 12.2 Å². The lowest BCUT2D eigenvalue weighted by Crippen LogP contribution is -2.57. The predicted octanol–water partition coefficient (Wildman–Crippen LogP) is -1.82. The average molecular weight is 316 g/mol. The number of aliphatic hydroxyl groups is 4. The molecule has 1 fully saturated rings. The second-order valence-corrected chi connectivity index (χ2v) is 5.08. The van der Waals surface area contributed by atoms with E-state index in [-0.39, 0.29) is 12.0 Å². The van der Waals surface area contributed by atoms with Gasteiger partial charge in [-0.05, 0) is 12.1 Å². The molecule has 0 unspecified atom stereocenters. The normalized spacial score (nSPS) is 31.7. The zero-order valence-electron chi connectivity index (χ0n) is 11.2. The molecule has 0 saturated heterocycles. The third-order valence-electron chi connectivity index (χ3n) is 3.49. The number of phenols is 3. The monoisotopic (exact) mass is 316 g/mol. The highest BCUT2D eigenvalue weighted by atomic mass is 16.6. The summed E-state index contributed by atoms with van der Waals surface area (Å²) in [7, 11) is 0. The van der Waals surface area contributed by atoms with Gasteiger partial charge in [-0.15, -0.1) is 0 Å². The molecule has 1 aromatic rings. The number of carbonyl (C=O) groups excluding carboxylic acids is 1. The van der Waals surface area contributed by atoms with E-state index in [0.717, 1.165) is 12.1 Å². The van der Waals surface area contributed by atoms with Gasteiger partial charge in [0.2, 0.25) is 0 Å². The summed E-state index contributed by atoms with van der Waals surface area (Å²) in [5.74, 6) is -3.44. The van der Waals surface area contributed by atoms with Crippen LogP contribution in [0.2, 0.25) is 0 Å². The van der Waals surface area contributed by atoms with Crippen molar-refractivity contribution in [3.63, 3.8) is 0 Å². The number of aliphatic hydroxyl groups excluding tert-OH is 4. The molecular weight excluding hydrogens is 300 g/mol. The van der Waals surface area contributed by atoms with Crippen LogP contribution in [0, 0.1) is 0 Å². The first-order valence-corrected chi connectivity index (χ1v) is 6.40. The fourth-order valence-electron chi connectivity index (χ4n) is 2.23. The van der Waals surface area contributed by atoms with Crippen LogP contribution in [0.4, 0.5) is 0 Å². The number of hydrogen-bond donors (Lipinski definition) is 7. The van der Waals surface area contributed by atoms with Gasteiger partial charge >= 0.3 is 5.97 Å². The number of hydrogen-bond acceptors (Lipinski definition) is 9. The van der Waals surface area contributed by atoms with Crippen molar-refractivity contribution in [2.45, 2.75) is 36.9 Å². The summed E-state index contributed by atoms with van der Waals surface area (Å²) in [6, 6.07) is 1.65. The van der Waals surface area contributed by atoms with Gasteiger partial charge in [0.05, 0.1) is 17.8 Å². The largest absolute Gasteiger partial charge is 0.504 e. The van der Waals surface area contributed by atoms with Gasteiger partial charge in [-0.1, -0.05) is 0 Å². The Morgan fingerprint density at radius 3 is 2.05 bits per heavy atom. The standard InChI is InChI=1S/C13H16O9/c14-5-1-4(2-6(15)9(5)18)13(21)22-12-8(17)3-7(16)10(19)11(12)20/h1-2,7-8,10-12,14-20H,3H2/t7-,8+,10+,11-,12-/m0/s1. The van der Waals surface area contributed by atoms with E-state index in [9.17, 15) is 40.5 Å². The Bertz CT molecular complexity index is 550. The number of benzene rings is 1.